The minimum absolute atomic E-state index is 0.0853. The second-order valence-corrected chi connectivity index (χ2v) is 7.04. The maximum atomic E-state index is 4.21. The van der Waals surface area contributed by atoms with Gasteiger partial charge in [-0.1, -0.05) is 20.3 Å². The van der Waals surface area contributed by atoms with Crippen molar-refractivity contribution < 1.29 is 0 Å². The molecule has 5 heteroatoms. The third-order valence-corrected chi connectivity index (χ3v) is 3.83. The summed E-state index contributed by atoms with van der Waals surface area (Å²) in [5, 5.41) is 15.7. The molecule has 0 bridgehead atoms. The van der Waals surface area contributed by atoms with Gasteiger partial charge in [-0.05, 0) is 49.5 Å². The zero-order valence-electron chi connectivity index (χ0n) is 12.2. The highest BCUT2D eigenvalue weighted by molar-refractivity contribution is 4.94. The summed E-state index contributed by atoms with van der Waals surface area (Å²) >= 11 is 0. The van der Waals surface area contributed by atoms with Gasteiger partial charge < -0.3 is 5.32 Å². The zero-order valence-corrected chi connectivity index (χ0v) is 12.2. The summed E-state index contributed by atoms with van der Waals surface area (Å²) in [5.74, 6) is 0.949. The van der Waals surface area contributed by atoms with E-state index < -0.39 is 0 Å². The van der Waals surface area contributed by atoms with Gasteiger partial charge in [0, 0.05) is 5.54 Å². The van der Waals surface area contributed by atoms with Crippen molar-refractivity contribution in [3.05, 3.63) is 5.82 Å². The molecule has 1 aromatic heterocycles. The highest BCUT2D eigenvalue weighted by Crippen LogP contribution is 2.45. The molecule has 1 atom stereocenters. The average Bonchev–Trinajstić information content (AvgIpc) is 2.79. The first-order chi connectivity index (χ1) is 8.30. The Hall–Kier alpha value is -0.970. The molecule has 1 aromatic rings. The average molecular weight is 251 g/mol. The van der Waals surface area contributed by atoms with Crippen LogP contribution in [0, 0.1) is 5.41 Å². The van der Waals surface area contributed by atoms with Gasteiger partial charge >= 0.3 is 0 Å². The Bertz CT molecular complexity index is 402. The molecular formula is C13H25N5. The summed E-state index contributed by atoms with van der Waals surface area (Å²) in [6, 6.07) is 0.435. The van der Waals surface area contributed by atoms with Crippen LogP contribution in [-0.4, -0.2) is 25.7 Å². The molecule has 1 N–H and O–H groups in total. The first-order valence-electron chi connectivity index (χ1n) is 6.81. The number of hydrogen-bond acceptors (Lipinski definition) is 4. The Balaban J connectivity index is 2.13. The van der Waals surface area contributed by atoms with Crippen LogP contribution < -0.4 is 5.32 Å². The Morgan fingerprint density at radius 2 is 2.11 bits per heavy atom. The van der Waals surface area contributed by atoms with Crippen molar-refractivity contribution in [1.82, 2.24) is 25.5 Å². The van der Waals surface area contributed by atoms with E-state index in [1.165, 1.54) is 19.3 Å². The lowest BCUT2D eigenvalue weighted by atomic mass is 9.87. The zero-order chi connectivity index (χ0) is 13.4. The minimum atomic E-state index is 0.0853. The van der Waals surface area contributed by atoms with Gasteiger partial charge in [-0.25, -0.2) is 4.68 Å². The highest BCUT2D eigenvalue weighted by Gasteiger charge is 2.37. The maximum absolute atomic E-state index is 4.21. The van der Waals surface area contributed by atoms with Crippen LogP contribution in [0.15, 0.2) is 0 Å². The molecule has 1 aliphatic rings. The summed E-state index contributed by atoms with van der Waals surface area (Å²) in [6.45, 7) is 11.8. The molecule has 1 aliphatic carbocycles. The van der Waals surface area contributed by atoms with Gasteiger partial charge in [-0.3, -0.25) is 0 Å². The molecule has 0 saturated heterocycles. The van der Waals surface area contributed by atoms with E-state index in [0.717, 1.165) is 12.4 Å². The van der Waals surface area contributed by atoms with Crippen molar-refractivity contribution in [2.45, 2.75) is 72.0 Å². The monoisotopic (exact) mass is 251 g/mol. The first kappa shape index (κ1) is 13.5. The van der Waals surface area contributed by atoms with Crippen molar-refractivity contribution in [1.29, 1.82) is 0 Å². The van der Waals surface area contributed by atoms with Gasteiger partial charge in [0.15, 0.2) is 5.82 Å². The molecule has 18 heavy (non-hydrogen) atoms. The topological polar surface area (TPSA) is 55.6 Å². The van der Waals surface area contributed by atoms with Crippen LogP contribution in [0.4, 0.5) is 0 Å². The molecule has 1 saturated carbocycles. The van der Waals surface area contributed by atoms with E-state index in [-0.39, 0.29) is 5.54 Å². The van der Waals surface area contributed by atoms with Crippen molar-refractivity contribution in [3.63, 3.8) is 0 Å². The van der Waals surface area contributed by atoms with Crippen molar-refractivity contribution in [2.75, 3.05) is 0 Å². The van der Waals surface area contributed by atoms with E-state index in [2.05, 4.69) is 55.5 Å². The van der Waals surface area contributed by atoms with Gasteiger partial charge in [0.1, 0.15) is 0 Å². The fraction of sp³-hybridized carbons (Fsp3) is 0.923. The summed E-state index contributed by atoms with van der Waals surface area (Å²) < 4.78 is 2.03. The van der Waals surface area contributed by atoms with Gasteiger partial charge in [-0.2, -0.15) is 0 Å². The second kappa shape index (κ2) is 4.61. The van der Waals surface area contributed by atoms with Crippen LogP contribution in [0.25, 0.3) is 0 Å². The Morgan fingerprint density at radius 1 is 1.39 bits per heavy atom. The number of nitrogens with zero attached hydrogens (tertiary/aromatic N) is 4. The standard InChI is InChI=1S/C13H25N5/c1-12(2,3)14-9-11-15-16-17-18(11)10-7-6-8-13(10,4)5/h10,14H,6-9H2,1-5H3. The predicted octanol–water partition coefficient (Wildman–Crippen LogP) is 2.31. The molecule has 1 fully saturated rings. The number of nitrogens with one attached hydrogen (secondary N) is 1. The molecule has 0 radical (unpaired) electrons. The Kier molecular flexibility index (Phi) is 3.45. The lowest BCUT2D eigenvalue weighted by Crippen LogP contribution is -2.36. The van der Waals surface area contributed by atoms with Crippen LogP contribution in [0.3, 0.4) is 0 Å². The number of tetrazole rings is 1. The molecule has 2 rings (SSSR count). The minimum Gasteiger partial charge on any atom is -0.305 e. The van der Waals surface area contributed by atoms with E-state index >= 15 is 0 Å². The third-order valence-electron chi connectivity index (χ3n) is 3.83. The fourth-order valence-corrected chi connectivity index (χ4v) is 2.68. The molecule has 1 heterocycles. The molecule has 0 amide bonds. The lowest BCUT2D eigenvalue weighted by Gasteiger charge is -2.28. The number of hydrogen-bond donors (Lipinski definition) is 1. The third kappa shape index (κ3) is 2.88. The maximum Gasteiger partial charge on any atom is 0.165 e. The Morgan fingerprint density at radius 3 is 2.67 bits per heavy atom. The van der Waals surface area contributed by atoms with Gasteiger partial charge in [0.2, 0.25) is 0 Å². The van der Waals surface area contributed by atoms with Crippen molar-refractivity contribution in [3.8, 4) is 0 Å². The lowest BCUT2D eigenvalue weighted by molar-refractivity contribution is 0.232. The molecule has 0 spiro atoms. The molecular weight excluding hydrogens is 226 g/mol. The van der Waals surface area contributed by atoms with E-state index in [1.807, 2.05) is 4.68 Å². The highest BCUT2D eigenvalue weighted by atomic mass is 15.6. The largest absolute Gasteiger partial charge is 0.305 e. The van der Waals surface area contributed by atoms with Crippen molar-refractivity contribution in [2.24, 2.45) is 5.41 Å². The van der Waals surface area contributed by atoms with E-state index in [0.29, 0.717) is 11.5 Å². The summed E-state index contributed by atoms with van der Waals surface area (Å²) in [7, 11) is 0. The van der Waals surface area contributed by atoms with Crippen LogP contribution >= 0.6 is 0 Å². The van der Waals surface area contributed by atoms with E-state index in [1.54, 1.807) is 0 Å². The normalized spacial score (nSPS) is 23.5. The van der Waals surface area contributed by atoms with Gasteiger partial charge in [0.25, 0.3) is 0 Å². The molecule has 102 valence electrons. The van der Waals surface area contributed by atoms with Crippen LogP contribution in [-0.2, 0) is 6.54 Å². The molecule has 5 nitrogen and oxygen atoms in total. The molecule has 0 aliphatic heterocycles. The van der Waals surface area contributed by atoms with Gasteiger partial charge in [0.05, 0.1) is 12.6 Å². The van der Waals surface area contributed by atoms with E-state index in [4.69, 9.17) is 0 Å². The fourth-order valence-electron chi connectivity index (χ4n) is 2.68. The van der Waals surface area contributed by atoms with Crippen LogP contribution in [0.5, 0.6) is 0 Å². The first-order valence-corrected chi connectivity index (χ1v) is 6.81. The number of rotatable bonds is 3. The smallest absolute Gasteiger partial charge is 0.165 e. The molecule has 1 unspecified atom stereocenters. The van der Waals surface area contributed by atoms with E-state index in [9.17, 15) is 0 Å². The second-order valence-electron chi connectivity index (χ2n) is 7.04. The van der Waals surface area contributed by atoms with Gasteiger partial charge in [-0.15, -0.1) is 5.10 Å². The number of aromatic nitrogens is 4. The molecule has 0 aromatic carbocycles. The summed E-state index contributed by atoms with van der Waals surface area (Å²) in [6.07, 6.45) is 3.70. The van der Waals surface area contributed by atoms with Crippen LogP contribution in [0.1, 0.15) is 65.7 Å². The summed E-state index contributed by atoms with van der Waals surface area (Å²) in [5.41, 5.74) is 0.383. The van der Waals surface area contributed by atoms with Crippen LogP contribution in [0.2, 0.25) is 0 Å². The quantitative estimate of drug-likeness (QED) is 0.895. The SMILES string of the molecule is CC(C)(C)NCc1nnnn1C1CCCC1(C)C. The summed E-state index contributed by atoms with van der Waals surface area (Å²) in [4.78, 5) is 0. The Labute approximate surface area is 109 Å². The predicted molar refractivity (Wildman–Crippen MR) is 71.1 cm³/mol. The van der Waals surface area contributed by atoms with Crippen molar-refractivity contribution >= 4 is 0 Å².